The molecule has 4 heteroatoms. The molecule has 1 heterocycles. The van der Waals surface area contributed by atoms with Crippen LogP contribution in [0.3, 0.4) is 0 Å². The molecule has 3 nitrogen and oxygen atoms in total. The van der Waals surface area contributed by atoms with Crippen LogP contribution in [0.1, 0.15) is 16.8 Å². The number of aromatic nitrogens is 2. The van der Waals surface area contributed by atoms with Crippen molar-refractivity contribution in [1.29, 1.82) is 0 Å². The van der Waals surface area contributed by atoms with Gasteiger partial charge in [-0.2, -0.15) is 5.10 Å². The predicted octanol–water partition coefficient (Wildman–Crippen LogP) is 2.72. The molecule has 0 saturated heterocycles. The third-order valence-electron chi connectivity index (χ3n) is 2.75. The maximum Gasteiger partial charge on any atom is 0.0673 e. The Labute approximate surface area is 110 Å². The Morgan fingerprint density at radius 2 is 2.18 bits per heavy atom. The summed E-state index contributed by atoms with van der Waals surface area (Å²) in [5.41, 5.74) is 3.70. The molecule has 0 fully saturated rings. The van der Waals surface area contributed by atoms with E-state index >= 15 is 0 Å². The molecule has 0 spiro atoms. The molecule has 0 unspecified atom stereocenters. The van der Waals surface area contributed by atoms with E-state index in [2.05, 4.69) is 51.5 Å². The van der Waals surface area contributed by atoms with Gasteiger partial charge in [-0.1, -0.05) is 28.1 Å². The van der Waals surface area contributed by atoms with E-state index < -0.39 is 0 Å². The SMILES string of the molecule is CNCc1ccc(Cn2nccc2C)c(Br)c1. The highest BCUT2D eigenvalue weighted by molar-refractivity contribution is 9.10. The van der Waals surface area contributed by atoms with Gasteiger partial charge >= 0.3 is 0 Å². The number of rotatable bonds is 4. The Morgan fingerprint density at radius 1 is 1.35 bits per heavy atom. The molecule has 0 saturated carbocycles. The summed E-state index contributed by atoms with van der Waals surface area (Å²) in [4.78, 5) is 0. The van der Waals surface area contributed by atoms with Gasteiger partial charge < -0.3 is 5.32 Å². The predicted molar refractivity (Wildman–Crippen MR) is 73.0 cm³/mol. The lowest BCUT2D eigenvalue weighted by molar-refractivity contribution is 0.663. The Kier molecular flexibility index (Phi) is 3.97. The van der Waals surface area contributed by atoms with Crippen LogP contribution in [-0.4, -0.2) is 16.8 Å². The van der Waals surface area contributed by atoms with Gasteiger partial charge in [-0.15, -0.1) is 0 Å². The smallest absolute Gasteiger partial charge is 0.0673 e. The maximum absolute atomic E-state index is 4.29. The molecule has 2 aromatic rings. The zero-order valence-corrected chi connectivity index (χ0v) is 11.7. The van der Waals surface area contributed by atoms with Crippen molar-refractivity contribution in [3.63, 3.8) is 0 Å². The molecule has 1 aromatic carbocycles. The van der Waals surface area contributed by atoms with Crippen LogP contribution in [0.5, 0.6) is 0 Å². The second kappa shape index (κ2) is 5.47. The van der Waals surface area contributed by atoms with E-state index in [1.807, 2.05) is 24.0 Å². The minimum atomic E-state index is 0.805. The summed E-state index contributed by atoms with van der Waals surface area (Å²) >= 11 is 3.62. The van der Waals surface area contributed by atoms with Crippen molar-refractivity contribution in [2.45, 2.75) is 20.0 Å². The first kappa shape index (κ1) is 12.3. The minimum Gasteiger partial charge on any atom is -0.316 e. The van der Waals surface area contributed by atoms with Crippen molar-refractivity contribution in [3.05, 3.63) is 51.8 Å². The summed E-state index contributed by atoms with van der Waals surface area (Å²) in [7, 11) is 1.95. The van der Waals surface area contributed by atoms with E-state index in [1.165, 1.54) is 16.8 Å². The monoisotopic (exact) mass is 293 g/mol. The fraction of sp³-hybridized carbons (Fsp3) is 0.308. The van der Waals surface area contributed by atoms with Crippen LogP contribution in [0, 0.1) is 6.92 Å². The van der Waals surface area contributed by atoms with Gasteiger partial charge in [0.15, 0.2) is 0 Å². The standard InChI is InChI=1S/C13H16BrN3/c1-10-5-6-16-17(10)9-12-4-3-11(8-15-2)7-13(12)14/h3-7,15H,8-9H2,1-2H3. The van der Waals surface area contributed by atoms with Crippen molar-refractivity contribution in [2.24, 2.45) is 0 Å². The fourth-order valence-electron chi connectivity index (χ4n) is 1.76. The molecule has 1 aromatic heterocycles. The highest BCUT2D eigenvalue weighted by atomic mass is 79.9. The summed E-state index contributed by atoms with van der Waals surface area (Å²) < 4.78 is 3.14. The Balaban J connectivity index is 2.19. The number of hydrogen-bond donors (Lipinski definition) is 1. The molecule has 90 valence electrons. The van der Waals surface area contributed by atoms with Crippen LogP contribution in [0.25, 0.3) is 0 Å². The van der Waals surface area contributed by atoms with E-state index in [9.17, 15) is 0 Å². The van der Waals surface area contributed by atoms with Gasteiger partial charge in [0.05, 0.1) is 6.54 Å². The van der Waals surface area contributed by atoms with Gasteiger partial charge in [0.2, 0.25) is 0 Å². The first-order valence-corrected chi connectivity index (χ1v) is 6.40. The third-order valence-corrected chi connectivity index (χ3v) is 3.49. The van der Waals surface area contributed by atoms with Gasteiger partial charge in [0.25, 0.3) is 0 Å². The van der Waals surface area contributed by atoms with Gasteiger partial charge in [-0.3, -0.25) is 4.68 Å². The lowest BCUT2D eigenvalue weighted by atomic mass is 10.1. The fourth-order valence-corrected chi connectivity index (χ4v) is 2.31. The summed E-state index contributed by atoms with van der Waals surface area (Å²) in [5, 5.41) is 7.44. The average molecular weight is 294 g/mol. The van der Waals surface area contributed by atoms with Gasteiger partial charge in [-0.25, -0.2) is 0 Å². The molecule has 0 bridgehead atoms. The number of hydrogen-bond acceptors (Lipinski definition) is 2. The van der Waals surface area contributed by atoms with E-state index in [-0.39, 0.29) is 0 Å². The number of benzene rings is 1. The molecule has 0 aliphatic rings. The Morgan fingerprint density at radius 3 is 2.76 bits per heavy atom. The molecular formula is C13H16BrN3. The van der Waals surface area contributed by atoms with Crippen molar-refractivity contribution < 1.29 is 0 Å². The molecule has 0 radical (unpaired) electrons. The van der Waals surface area contributed by atoms with Crippen LogP contribution in [0.4, 0.5) is 0 Å². The van der Waals surface area contributed by atoms with E-state index in [0.717, 1.165) is 17.6 Å². The molecule has 1 N–H and O–H groups in total. The Bertz CT molecular complexity index is 505. The second-order valence-electron chi connectivity index (χ2n) is 4.09. The van der Waals surface area contributed by atoms with Gasteiger partial charge in [0.1, 0.15) is 0 Å². The lowest BCUT2D eigenvalue weighted by Gasteiger charge is -2.09. The largest absolute Gasteiger partial charge is 0.316 e. The van der Waals surface area contributed by atoms with Crippen LogP contribution in [-0.2, 0) is 13.1 Å². The summed E-state index contributed by atoms with van der Waals surface area (Å²) in [5.74, 6) is 0. The van der Waals surface area contributed by atoms with Gasteiger partial charge in [0, 0.05) is 22.9 Å². The minimum absolute atomic E-state index is 0.805. The van der Waals surface area contributed by atoms with Crippen LogP contribution >= 0.6 is 15.9 Å². The molecule has 0 atom stereocenters. The topological polar surface area (TPSA) is 29.9 Å². The quantitative estimate of drug-likeness (QED) is 0.939. The molecule has 0 aliphatic carbocycles. The molecule has 0 aliphatic heterocycles. The van der Waals surface area contributed by atoms with Crippen LogP contribution in [0.2, 0.25) is 0 Å². The highest BCUT2D eigenvalue weighted by Gasteiger charge is 2.04. The highest BCUT2D eigenvalue weighted by Crippen LogP contribution is 2.20. The van der Waals surface area contributed by atoms with E-state index in [0.29, 0.717) is 0 Å². The third kappa shape index (κ3) is 2.96. The first-order chi connectivity index (χ1) is 8.20. The Hall–Kier alpha value is -1.13. The zero-order valence-electron chi connectivity index (χ0n) is 10.1. The van der Waals surface area contributed by atoms with Crippen molar-refractivity contribution in [2.75, 3.05) is 7.05 Å². The van der Waals surface area contributed by atoms with E-state index in [1.54, 1.807) is 0 Å². The molecule has 17 heavy (non-hydrogen) atoms. The summed E-state index contributed by atoms with van der Waals surface area (Å²) in [6.45, 7) is 3.76. The van der Waals surface area contributed by atoms with Crippen molar-refractivity contribution in [1.82, 2.24) is 15.1 Å². The zero-order chi connectivity index (χ0) is 12.3. The maximum atomic E-state index is 4.29. The van der Waals surface area contributed by atoms with Crippen molar-refractivity contribution >= 4 is 15.9 Å². The molecule has 0 amide bonds. The van der Waals surface area contributed by atoms with Crippen molar-refractivity contribution in [3.8, 4) is 0 Å². The molecular weight excluding hydrogens is 278 g/mol. The van der Waals surface area contributed by atoms with Crippen LogP contribution < -0.4 is 5.32 Å². The average Bonchev–Trinajstić information content (AvgIpc) is 2.69. The lowest BCUT2D eigenvalue weighted by Crippen LogP contribution is -2.07. The van der Waals surface area contributed by atoms with Gasteiger partial charge in [-0.05, 0) is 37.2 Å². The number of nitrogens with zero attached hydrogens (tertiary/aromatic N) is 2. The number of aryl methyl sites for hydroxylation is 1. The number of halogens is 1. The normalized spacial score (nSPS) is 10.8. The summed E-state index contributed by atoms with van der Waals surface area (Å²) in [6, 6.07) is 8.47. The van der Waals surface area contributed by atoms with E-state index in [4.69, 9.17) is 0 Å². The van der Waals surface area contributed by atoms with Crippen LogP contribution in [0.15, 0.2) is 34.9 Å². The second-order valence-corrected chi connectivity index (χ2v) is 4.94. The molecule has 2 rings (SSSR count). The first-order valence-electron chi connectivity index (χ1n) is 5.61. The summed E-state index contributed by atoms with van der Waals surface area (Å²) in [6.07, 6.45) is 1.83. The number of nitrogens with one attached hydrogen (secondary N) is 1.